The molecular weight excluding hydrogens is 192 g/mol. The molecule has 0 N–H and O–H groups in total. The molecule has 1 aliphatic rings. The van der Waals surface area contributed by atoms with Crippen LogP contribution < -0.4 is 0 Å². The van der Waals surface area contributed by atoms with Crippen molar-refractivity contribution in [3.63, 3.8) is 0 Å². The second-order valence-electron chi connectivity index (χ2n) is 4.59. The van der Waals surface area contributed by atoms with Gasteiger partial charge in [0, 0.05) is 38.5 Å². The topological polar surface area (TPSA) is 6.48 Å². The van der Waals surface area contributed by atoms with Gasteiger partial charge >= 0.3 is 0 Å². The van der Waals surface area contributed by atoms with Gasteiger partial charge in [0.15, 0.2) is 0 Å². The molecule has 0 amide bonds. The zero-order chi connectivity index (χ0) is 10.4. The van der Waals surface area contributed by atoms with Crippen LogP contribution in [0.3, 0.4) is 0 Å². The van der Waals surface area contributed by atoms with Crippen molar-refractivity contribution in [1.82, 2.24) is 9.80 Å². The van der Waals surface area contributed by atoms with E-state index in [4.69, 9.17) is 0 Å². The highest BCUT2D eigenvalue weighted by Crippen LogP contribution is 2.06. The van der Waals surface area contributed by atoms with Crippen LogP contribution in [0.1, 0.15) is 20.3 Å². The fourth-order valence-corrected chi connectivity index (χ4v) is 2.10. The van der Waals surface area contributed by atoms with E-state index in [-0.39, 0.29) is 0 Å². The second kappa shape index (κ2) is 6.70. The van der Waals surface area contributed by atoms with Gasteiger partial charge in [0.1, 0.15) is 0 Å². The standard InChI is InChI=1S/C11H24N2S/c1-11(2)3-4-12-5-7-13(8-6-12)9-10-14/h11,14H,3-10H2,1-2H3. The molecule has 1 aliphatic heterocycles. The number of thiol groups is 1. The first-order valence-electron chi connectivity index (χ1n) is 5.78. The van der Waals surface area contributed by atoms with Crippen LogP contribution in [-0.2, 0) is 0 Å². The van der Waals surface area contributed by atoms with Gasteiger partial charge in [-0.2, -0.15) is 12.6 Å². The van der Waals surface area contributed by atoms with Crippen LogP contribution in [-0.4, -0.2) is 54.8 Å². The number of rotatable bonds is 5. The molecule has 0 aromatic rings. The molecule has 1 saturated heterocycles. The van der Waals surface area contributed by atoms with E-state index in [0.717, 1.165) is 18.2 Å². The molecule has 3 heteroatoms. The fraction of sp³-hybridized carbons (Fsp3) is 1.00. The molecule has 84 valence electrons. The summed E-state index contributed by atoms with van der Waals surface area (Å²) in [4.78, 5) is 5.11. The summed E-state index contributed by atoms with van der Waals surface area (Å²) in [6, 6.07) is 0. The molecule has 0 radical (unpaired) electrons. The Kier molecular flexibility index (Phi) is 5.90. The Morgan fingerprint density at radius 1 is 1.00 bits per heavy atom. The summed E-state index contributed by atoms with van der Waals surface area (Å²) < 4.78 is 0. The van der Waals surface area contributed by atoms with Crippen molar-refractivity contribution < 1.29 is 0 Å². The molecule has 0 bridgehead atoms. The van der Waals surface area contributed by atoms with Crippen LogP contribution in [0, 0.1) is 5.92 Å². The minimum atomic E-state index is 0.838. The molecule has 0 aromatic carbocycles. The molecule has 0 saturated carbocycles. The fourth-order valence-electron chi connectivity index (χ4n) is 1.82. The molecule has 1 fully saturated rings. The van der Waals surface area contributed by atoms with Gasteiger partial charge in [-0.05, 0) is 18.9 Å². The summed E-state index contributed by atoms with van der Waals surface area (Å²) >= 11 is 4.27. The SMILES string of the molecule is CC(C)CCN1CCN(CCS)CC1. The quantitative estimate of drug-likeness (QED) is 0.697. The van der Waals surface area contributed by atoms with Crippen molar-refractivity contribution in [3.05, 3.63) is 0 Å². The van der Waals surface area contributed by atoms with Crippen molar-refractivity contribution in [2.75, 3.05) is 45.0 Å². The zero-order valence-corrected chi connectivity index (χ0v) is 10.5. The Labute approximate surface area is 94.1 Å². The summed E-state index contributed by atoms with van der Waals surface area (Å²) in [5.74, 6) is 1.83. The Hall–Kier alpha value is 0.270. The van der Waals surface area contributed by atoms with E-state index in [1.54, 1.807) is 0 Å². The third kappa shape index (κ3) is 4.67. The summed E-state index contributed by atoms with van der Waals surface area (Å²) in [5.41, 5.74) is 0. The number of nitrogens with zero attached hydrogens (tertiary/aromatic N) is 2. The third-order valence-electron chi connectivity index (χ3n) is 2.90. The van der Waals surface area contributed by atoms with Crippen LogP contribution >= 0.6 is 12.6 Å². The molecule has 1 rings (SSSR count). The molecule has 0 aromatic heterocycles. The Bertz CT molecular complexity index is 142. The van der Waals surface area contributed by atoms with Crippen molar-refractivity contribution >= 4 is 12.6 Å². The first-order valence-corrected chi connectivity index (χ1v) is 6.41. The van der Waals surface area contributed by atoms with E-state index in [9.17, 15) is 0 Å². The maximum absolute atomic E-state index is 4.27. The van der Waals surface area contributed by atoms with E-state index in [0.29, 0.717) is 0 Å². The highest BCUT2D eigenvalue weighted by atomic mass is 32.1. The van der Waals surface area contributed by atoms with Crippen molar-refractivity contribution in [2.24, 2.45) is 5.92 Å². The molecule has 0 aliphatic carbocycles. The summed E-state index contributed by atoms with van der Waals surface area (Å²) in [6.07, 6.45) is 1.34. The Morgan fingerprint density at radius 3 is 1.93 bits per heavy atom. The lowest BCUT2D eigenvalue weighted by molar-refractivity contribution is 0.133. The minimum Gasteiger partial charge on any atom is -0.301 e. The monoisotopic (exact) mass is 216 g/mol. The lowest BCUT2D eigenvalue weighted by Gasteiger charge is -2.34. The van der Waals surface area contributed by atoms with Crippen LogP contribution in [0.4, 0.5) is 0 Å². The van der Waals surface area contributed by atoms with Crippen LogP contribution in [0.15, 0.2) is 0 Å². The predicted octanol–water partition coefficient (Wildman–Crippen LogP) is 1.58. The predicted molar refractivity (Wildman–Crippen MR) is 66.2 cm³/mol. The summed E-state index contributed by atoms with van der Waals surface area (Å²) in [7, 11) is 0. The van der Waals surface area contributed by atoms with E-state index >= 15 is 0 Å². The maximum atomic E-state index is 4.27. The van der Waals surface area contributed by atoms with E-state index in [1.165, 1.54) is 39.1 Å². The number of hydrogen-bond donors (Lipinski definition) is 1. The average molecular weight is 216 g/mol. The van der Waals surface area contributed by atoms with Gasteiger partial charge in [-0.25, -0.2) is 0 Å². The smallest absolute Gasteiger partial charge is 0.0110 e. The number of piperazine rings is 1. The average Bonchev–Trinajstić information content (AvgIpc) is 2.17. The van der Waals surface area contributed by atoms with Crippen molar-refractivity contribution in [1.29, 1.82) is 0 Å². The summed E-state index contributed by atoms with van der Waals surface area (Å²) in [6.45, 7) is 12.0. The van der Waals surface area contributed by atoms with Gasteiger partial charge in [-0.15, -0.1) is 0 Å². The second-order valence-corrected chi connectivity index (χ2v) is 5.04. The highest BCUT2D eigenvalue weighted by molar-refractivity contribution is 7.80. The molecule has 0 atom stereocenters. The van der Waals surface area contributed by atoms with Gasteiger partial charge in [-0.3, -0.25) is 4.90 Å². The Morgan fingerprint density at radius 2 is 1.50 bits per heavy atom. The van der Waals surface area contributed by atoms with Crippen LogP contribution in [0.2, 0.25) is 0 Å². The molecule has 14 heavy (non-hydrogen) atoms. The van der Waals surface area contributed by atoms with Gasteiger partial charge in [0.25, 0.3) is 0 Å². The van der Waals surface area contributed by atoms with Gasteiger partial charge in [0.05, 0.1) is 0 Å². The van der Waals surface area contributed by atoms with E-state index in [2.05, 4.69) is 36.3 Å². The molecule has 1 heterocycles. The maximum Gasteiger partial charge on any atom is 0.0110 e. The largest absolute Gasteiger partial charge is 0.301 e. The Balaban J connectivity index is 2.09. The zero-order valence-electron chi connectivity index (χ0n) is 9.58. The molecular formula is C11H24N2S. The molecule has 2 nitrogen and oxygen atoms in total. The molecule has 0 unspecified atom stereocenters. The van der Waals surface area contributed by atoms with Crippen LogP contribution in [0.25, 0.3) is 0 Å². The summed E-state index contributed by atoms with van der Waals surface area (Å²) in [5, 5.41) is 0. The third-order valence-corrected chi connectivity index (χ3v) is 3.10. The van der Waals surface area contributed by atoms with Gasteiger partial charge < -0.3 is 4.90 Å². The van der Waals surface area contributed by atoms with Crippen LogP contribution in [0.5, 0.6) is 0 Å². The normalized spacial score (nSPS) is 20.6. The highest BCUT2D eigenvalue weighted by Gasteiger charge is 2.15. The lowest BCUT2D eigenvalue weighted by Crippen LogP contribution is -2.47. The first-order chi connectivity index (χ1) is 6.72. The first kappa shape index (κ1) is 12.3. The minimum absolute atomic E-state index is 0.838. The van der Waals surface area contributed by atoms with E-state index in [1.807, 2.05) is 0 Å². The van der Waals surface area contributed by atoms with Crippen molar-refractivity contribution in [3.8, 4) is 0 Å². The van der Waals surface area contributed by atoms with Crippen molar-refractivity contribution in [2.45, 2.75) is 20.3 Å². The number of hydrogen-bond acceptors (Lipinski definition) is 3. The lowest BCUT2D eigenvalue weighted by atomic mass is 10.1. The molecule has 0 spiro atoms. The van der Waals surface area contributed by atoms with E-state index < -0.39 is 0 Å². The van der Waals surface area contributed by atoms with Gasteiger partial charge in [0.2, 0.25) is 0 Å². The van der Waals surface area contributed by atoms with Gasteiger partial charge in [-0.1, -0.05) is 13.8 Å².